The Kier molecular flexibility index (Phi) is 6.77. The molecule has 0 heterocycles. The Morgan fingerprint density at radius 2 is 1.62 bits per heavy atom. The van der Waals surface area contributed by atoms with Crippen LogP contribution in [0, 0.1) is 5.82 Å². The van der Waals surface area contributed by atoms with Crippen molar-refractivity contribution in [3.05, 3.63) is 64.5 Å². The maximum absolute atomic E-state index is 14.5. The van der Waals surface area contributed by atoms with Crippen molar-refractivity contribution in [2.24, 2.45) is 0 Å². The number of alkyl halides is 2. The molecule has 140 valence electrons. The number of halogens is 5. The molecule has 26 heavy (non-hydrogen) atoms. The Morgan fingerprint density at radius 3 is 2.15 bits per heavy atom. The van der Waals surface area contributed by atoms with Crippen molar-refractivity contribution in [1.82, 2.24) is 0 Å². The van der Waals surface area contributed by atoms with Gasteiger partial charge in [0.2, 0.25) is 0 Å². The van der Waals surface area contributed by atoms with Crippen LogP contribution in [0.25, 0.3) is 11.7 Å². The fourth-order valence-electron chi connectivity index (χ4n) is 2.60. The third-order valence-electron chi connectivity index (χ3n) is 3.84. The van der Waals surface area contributed by atoms with Crippen molar-refractivity contribution in [3.63, 3.8) is 0 Å². The van der Waals surface area contributed by atoms with Crippen molar-refractivity contribution in [2.75, 3.05) is 6.61 Å². The van der Waals surface area contributed by atoms with Crippen LogP contribution < -0.4 is 4.74 Å². The third kappa shape index (κ3) is 4.23. The smallest absolute Gasteiger partial charge is 0.267 e. The van der Waals surface area contributed by atoms with Gasteiger partial charge in [0, 0.05) is 11.1 Å². The zero-order valence-electron chi connectivity index (χ0n) is 14.5. The maximum Gasteiger partial charge on any atom is 0.267 e. The highest BCUT2D eigenvalue weighted by molar-refractivity contribution is 5.84. The summed E-state index contributed by atoms with van der Waals surface area (Å²) < 4.78 is 74.7. The summed E-state index contributed by atoms with van der Waals surface area (Å²) in [6.07, 6.45) is -1.64. The van der Waals surface area contributed by atoms with E-state index in [1.165, 1.54) is 12.1 Å². The van der Waals surface area contributed by atoms with Gasteiger partial charge in [-0.3, -0.25) is 0 Å². The molecular formula is C20H19F5O. The van der Waals surface area contributed by atoms with Gasteiger partial charge in [0.05, 0.1) is 12.2 Å². The molecule has 0 saturated carbocycles. The zero-order chi connectivity index (χ0) is 19.3. The molecule has 0 aromatic heterocycles. The molecule has 2 aromatic carbocycles. The average Bonchev–Trinajstić information content (AvgIpc) is 2.62. The summed E-state index contributed by atoms with van der Waals surface area (Å²) in [6, 6.07) is 7.92. The van der Waals surface area contributed by atoms with E-state index in [9.17, 15) is 22.0 Å². The largest absolute Gasteiger partial charge is 0.491 e. The molecule has 0 bridgehead atoms. The lowest BCUT2D eigenvalue weighted by molar-refractivity contribution is 0.144. The Bertz CT molecular complexity index is 782. The van der Waals surface area contributed by atoms with Crippen LogP contribution in [0.15, 0.2) is 36.4 Å². The summed E-state index contributed by atoms with van der Waals surface area (Å²) >= 11 is 0. The number of benzene rings is 2. The standard InChI is InChI=1S/C20H19F5O/c1-3-5-12-6-8-13(9-7-12)17(21)18(22)14-10-11-15(26-4-2)19(23)16(14)20(24)25/h6-11,20H,3-5H2,1-2H3/b18-17+. The molecule has 0 aliphatic rings. The van der Waals surface area contributed by atoms with Gasteiger partial charge >= 0.3 is 0 Å². The second kappa shape index (κ2) is 8.83. The summed E-state index contributed by atoms with van der Waals surface area (Å²) in [7, 11) is 0. The third-order valence-corrected chi connectivity index (χ3v) is 3.84. The Morgan fingerprint density at radius 1 is 0.962 bits per heavy atom. The van der Waals surface area contributed by atoms with Crippen LogP contribution in [0.4, 0.5) is 22.0 Å². The van der Waals surface area contributed by atoms with Crippen LogP contribution in [0.5, 0.6) is 5.75 Å². The molecule has 0 fully saturated rings. The van der Waals surface area contributed by atoms with Crippen molar-refractivity contribution >= 4 is 11.7 Å². The van der Waals surface area contributed by atoms with E-state index in [4.69, 9.17) is 4.74 Å². The Hall–Kier alpha value is -2.37. The molecule has 2 rings (SSSR count). The van der Waals surface area contributed by atoms with Crippen molar-refractivity contribution in [1.29, 1.82) is 0 Å². The van der Waals surface area contributed by atoms with E-state index in [0.29, 0.717) is 0 Å². The van der Waals surface area contributed by atoms with Crippen molar-refractivity contribution in [3.8, 4) is 5.75 Å². The van der Waals surface area contributed by atoms with Gasteiger partial charge in [0.15, 0.2) is 23.2 Å². The average molecular weight is 370 g/mol. The molecule has 0 radical (unpaired) electrons. The van der Waals surface area contributed by atoms with Gasteiger partial charge in [-0.1, -0.05) is 37.6 Å². The van der Waals surface area contributed by atoms with Crippen LogP contribution in [0.3, 0.4) is 0 Å². The second-order valence-electron chi connectivity index (χ2n) is 5.65. The number of aryl methyl sites for hydroxylation is 1. The first-order valence-corrected chi connectivity index (χ1v) is 8.28. The minimum atomic E-state index is -3.32. The summed E-state index contributed by atoms with van der Waals surface area (Å²) in [6.45, 7) is 3.59. The van der Waals surface area contributed by atoms with E-state index in [-0.39, 0.29) is 12.2 Å². The molecule has 0 atom stereocenters. The monoisotopic (exact) mass is 370 g/mol. The van der Waals surface area contributed by atoms with Crippen molar-refractivity contribution in [2.45, 2.75) is 33.1 Å². The van der Waals surface area contributed by atoms with E-state index in [2.05, 4.69) is 0 Å². The molecule has 0 saturated heterocycles. The summed E-state index contributed by atoms with van der Waals surface area (Å²) in [4.78, 5) is 0. The molecule has 0 aliphatic carbocycles. The first kappa shape index (κ1) is 19.9. The summed E-state index contributed by atoms with van der Waals surface area (Å²) in [5, 5.41) is 0. The highest BCUT2D eigenvalue weighted by atomic mass is 19.3. The summed E-state index contributed by atoms with van der Waals surface area (Å²) in [5.41, 5.74) is -1.19. The molecule has 0 aliphatic heterocycles. The van der Waals surface area contributed by atoms with Gasteiger partial charge < -0.3 is 4.74 Å². The lowest BCUT2D eigenvalue weighted by atomic mass is 10.0. The molecule has 0 amide bonds. The maximum atomic E-state index is 14.5. The fourth-order valence-corrected chi connectivity index (χ4v) is 2.60. The van der Waals surface area contributed by atoms with Gasteiger partial charge in [-0.2, -0.15) is 0 Å². The zero-order valence-corrected chi connectivity index (χ0v) is 14.5. The number of hydrogen-bond donors (Lipinski definition) is 0. The molecule has 0 spiro atoms. The normalized spacial score (nSPS) is 12.3. The van der Waals surface area contributed by atoms with Crippen LogP contribution in [-0.2, 0) is 6.42 Å². The topological polar surface area (TPSA) is 9.23 Å². The quantitative estimate of drug-likeness (QED) is 0.381. The second-order valence-corrected chi connectivity index (χ2v) is 5.65. The number of rotatable bonds is 7. The minimum absolute atomic E-state index is 0.0513. The molecule has 0 unspecified atom stereocenters. The fraction of sp³-hybridized carbons (Fsp3) is 0.300. The van der Waals surface area contributed by atoms with E-state index < -0.39 is 40.8 Å². The van der Waals surface area contributed by atoms with Gasteiger partial charge in [0.25, 0.3) is 6.43 Å². The SMILES string of the molecule is CCCc1ccc(/C(F)=C(\F)c2ccc(OCC)c(F)c2C(F)F)cc1. The van der Waals surface area contributed by atoms with Gasteiger partial charge in [-0.25, -0.2) is 22.0 Å². The molecular weight excluding hydrogens is 351 g/mol. The lowest BCUT2D eigenvalue weighted by Gasteiger charge is -2.13. The van der Waals surface area contributed by atoms with E-state index >= 15 is 0 Å². The van der Waals surface area contributed by atoms with E-state index in [0.717, 1.165) is 30.5 Å². The highest BCUT2D eigenvalue weighted by Crippen LogP contribution is 2.38. The Labute approximate surface area is 149 Å². The van der Waals surface area contributed by atoms with Gasteiger partial charge in [0.1, 0.15) is 0 Å². The van der Waals surface area contributed by atoms with E-state index in [1.807, 2.05) is 6.92 Å². The van der Waals surface area contributed by atoms with Crippen LogP contribution >= 0.6 is 0 Å². The van der Waals surface area contributed by atoms with Crippen LogP contribution in [-0.4, -0.2) is 6.61 Å². The highest BCUT2D eigenvalue weighted by Gasteiger charge is 2.26. The number of ether oxygens (including phenoxy) is 1. The minimum Gasteiger partial charge on any atom is -0.491 e. The molecule has 2 aromatic rings. The lowest BCUT2D eigenvalue weighted by Crippen LogP contribution is -2.03. The van der Waals surface area contributed by atoms with Gasteiger partial charge in [-0.15, -0.1) is 0 Å². The molecule has 6 heteroatoms. The van der Waals surface area contributed by atoms with Crippen molar-refractivity contribution < 1.29 is 26.7 Å². The Balaban J connectivity index is 2.51. The first-order valence-electron chi connectivity index (χ1n) is 8.28. The molecule has 0 N–H and O–H groups in total. The predicted octanol–water partition coefficient (Wildman–Crippen LogP) is 6.88. The molecule has 1 nitrogen and oxygen atoms in total. The summed E-state index contributed by atoms with van der Waals surface area (Å²) in [5.74, 6) is -4.67. The van der Waals surface area contributed by atoms with Crippen LogP contribution in [0.2, 0.25) is 0 Å². The van der Waals surface area contributed by atoms with E-state index in [1.54, 1.807) is 19.1 Å². The first-order chi connectivity index (χ1) is 12.4. The predicted molar refractivity (Wildman–Crippen MR) is 92.0 cm³/mol. The van der Waals surface area contributed by atoms with Crippen LogP contribution in [0.1, 0.15) is 48.9 Å². The van der Waals surface area contributed by atoms with Gasteiger partial charge in [-0.05, 0) is 31.0 Å². The number of hydrogen-bond acceptors (Lipinski definition) is 1.